The SMILES string of the molecule is CS(=O)(=O)OCC[C@H]1CCC[P@]1c1ccccc1. The first-order valence-corrected chi connectivity index (χ1v) is 9.63. The largest absolute Gasteiger partial charge is 0.270 e. The fourth-order valence-electron chi connectivity index (χ4n) is 2.43. The normalized spacial score (nSPS) is 24.3. The number of hydrogen-bond donors (Lipinski definition) is 0. The van der Waals surface area contributed by atoms with E-state index >= 15 is 0 Å². The second-order valence-electron chi connectivity index (χ2n) is 4.64. The summed E-state index contributed by atoms with van der Waals surface area (Å²) >= 11 is 0. The summed E-state index contributed by atoms with van der Waals surface area (Å²) in [6.45, 7) is 0.329. The topological polar surface area (TPSA) is 43.4 Å². The highest BCUT2D eigenvalue weighted by molar-refractivity contribution is 7.86. The summed E-state index contributed by atoms with van der Waals surface area (Å²) in [6, 6.07) is 10.6. The minimum atomic E-state index is -3.29. The summed E-state index contributed by atoms with van der Waals surface area (Å²) in [5.74, 6) is 0. The summed E-state index contributed by atoms with van der Waals surface area (Å²) in [4.78, 5) is 0. The van der Waals surface area contributed by atoms with Crippen molar-refractivity contribution in [3.8, 4) is 0 Å². The molecule has 0 unspecified atom stereocenters. The summed E-state index contributed by atoms with van der Waals surface area (Å²) in [5, 5.41) is 1.44. The van der Waals surface area contributed by atoms with E-state index in [2.05, 4.69) is 24.3 Å². The molecule has 2 rings (SSSR count). The Morgan fingerprint density at radius 1 is 1.33 bits per heavy atom. The summed E-state index contributed by atoms with van der Waals surface area (Å²) in [5.41, 5.74) is 0.615. The van der Waals surface area contributed by atoms with Crippen LogP contribution in [0.4, 0.5) is 0 Å². The molecular weight excluding hydrogens is 267 g/mol. The third-order valence-electron chi connectivity index (χ3n) is 3.21. The van der Waals surface area contributed by atoms with Crippen LogP contribution in [0, 0.1) is 0 Å². The van der Waals surface area contributed by atoms with Gasteiger partial charge < -0.3 is 0 Å². The molecule has 1 aliphatic heterocycles. The molecule has 0 saturated carbocycles. The van der Waals surface area contributed by atoms with E-state index in [-0.39, 0.29) is 7.92 Å². The van der Waals surface area contributed by atoms with Gasteiger partial charge in [-0.3, -0.25) is 4.18 Å². The van der Waals surface area contributed by atoms with Crippen LogP contribution in [0.2, 0.25) is 0 Å². The van der Waals surface area contributed by atoms with Crippen molar-refractivity contribution in [3.63, 3.8) is 0 Å². The van der Waals surface area contributed by atoms with Gasteiger partial charge in [0.2, 0.25) is 0 Å². The van der Waals surface area contributed by atoms with Crippen molar-refractivity contribution < 1.29 is 12.6 Å². The lowest BCUT2D eigenvalue weighted by Gasteiger charge is -2.20. The minimum Gasteiger partial charge on any atom is -0.270 e. The van der Waals surface area contributed by atoms with E-state index in [4.69, 9.17) is 4.18 Å². The minimum absolute atomic E-state index is 0.126. The lowest BCUT2D eigenvalue weighted by molar-refractivity contribution is 0.313. The fraction of sp³-hybridized carbons (Fsp3) is 0.538. The standard InChI is InChI=1S/C13H19O3PS/c1-18(14,15)16-10-9-13-8-5-11-17(13)12-6-3-2-4-7-12/h2-4,6-7,13H,5,8-11H2,1H3/t13-,17-/m1/s1. The molecule has 1 aromatic rings. The number of rotatable bonds is 5. The molecule has 0 bridgehead atoms. The van der Waals surface area contributed by atoms with Crippen LogP contribution in [0.25, 0.3) is 0 Å². The van der Waals surface area contributed by atoms with Crippen molar-refractivity contribution in [3.05, 3.63) is 30.3 Å². The molecule has 0 radical (unpaired) electrons. The third kappa shape index (κ3) is 4.04. The van der Waals surface area contributed by atoms with Gasteiger partial charge in [0.1, 0.15) is 0 Å². The molecule has 1 aromatic carbocycles. The average molecular weight is 286 g/mol. The Morgan fingerprint density at radius 2 is 2.06 bits per heavy atom. The molecule has 3 nitrogen and oxygen atoms in total. The molecular formula is C13H19O3PS. The van der Waals surface area contributed by atoms with Crippen LogP contribution in [-0.4, -0.2) is 33.1 Å². The van der Waals surface area contributed by atoms with Crippen LogP contribution in [0.5, 0.6) is 0 Å². The van der Waals surface area contributed by atoms with Gasteiger partial charge in [0.05, 0.1) is 12.9 Å². The zero-order valence-corrected chi connectivity index (χ0v) is 12.3. The molecule has 1 heterocycles. The van der Waals surface area contributed by atoms with E-state index in [1.807, 2.05) is 6.07 Å². The van der Waals surface area contributed by atoms with Gasteiger partial charge in [-0.25, -0.2) is 0 Å². The summed E-state index contributed by atoms with van der Waals surface area (Å²) in [7, 11) is -3.42. The molecule has 1 aliphatic rings. The van der Waals surface area contributed by atoms with Gasteiger partial charge in [-0.2, -0.15) is 8.42 Å². The second kappa shape index (κ2) is 6.14. The Bertz CT molecular complexity index is 472. The first-order valence-electron chi connectivity index (χ1n) is 6.22. The van der Waals surface area contributed by atoms with Crippen molar-refractivity contribution in [2.75, 3.05) is 19.0 Å². The van der Waals surface area contributed by atoms with Crippen molar-refractivity contribution >= 4 is 23.3 Å². The van der Waals surface area contributed by atoms with E-state index in [1.165, 1.54) is 24.3 Å². The van der Waals surface area contributed by atoms with Crippen molar-refractivity contribution in [1.82, 2.24) is 0 Å². The molecule has 1 fully saturated rings. The first-order chi connectivity index (χ1) is 8.56. The van der Waals surface area contributed by atoms with Gasteiger partial charge in [-0.05, 0) is 36.4 Å². The maximum Gasteiger partial charge on any atom is 0.264 e. The van der Waals surface area contributed by atoms with Gasteiger partial charge in [0.15, 0.2) is 0 Å². The predicted octanol–water partition coefficient (Wildman–Crippen LogP) is 2.32. The third-order valence-corrected chi connectivity index (χ3v) is 6.97. The maximum absolute atomic E-state index is 10.9. The van der Waals surface area contributed by atoms with E-state index in [0.29, 0.717) is 12.3 Å². The summed E-state index contributed by atoms with van der Waals surface area (Å²) < 4.78 is 26.7. The van der Waals surface area contributed by atoms with E-state index in [9.17, 15) is 8.42 Å². The Labute approximate surface area is 110 Å². The van der Waals surface area contributed by atoms with Gasteiger partial charge in [0.25, 0.3) is 10.1 Å². The Balaban J connectivity index is 1.92. The highest BCUT2D eigenvalue weighted by Crippen LogP contribution is 2.50. The molecule has 1 saturated heterocycles. The van der Waals surface area contributed by atoms with Crippen LogP contribution < -0.4 is 5.30 Å². The summed E-state index contributed by atoms with van der Waals surface area (Å²) in [6.07, 6.45) is 5.69. The molecule has 0 aromatic heterocycles. The van der Waals surface area contributed by atoms with E-state index in [0.717, 1.165) is 12.7 Å². The first kappa shape index (κ1) is 14.0. The Kier molecular flexibility index (Phi) is 4.77. The van der Waals surface area contributed by atoms with Gasteiger partial charge >= 0.3 is 0 Å². The zero-order valence-electron chi connectivity index (χ0n) is 10.6. The highest BCUT2D eigenvalue weighted by Gasteiger charge is 2.27. The van der Waals surface area contributed by atoms with Crippen LogP contribution >= 0.6 is 7.92 Å². The van der Waals surface area contributed by atoms with Crippen molar-refractivity contribution in [2.45, 2.75) is 24.9 Å². The fourth-order valence-corrected chi connectivity index (χ4v) is 5.86. The Morgan fingerprint density at radius 3 is 2.72 bits per heavy atom. The van der Waals surface area contributed by atoms with E-state index in [1.54, 1.807) is 0 Å². The predicted molar refractivity (Wildman–Crippen MR) is 76.3 cm³/mol. The molecule has 0 aliphatic carbocycles. The lowest BCUT2D eigenvalue weighted by Crippen LogP contribution is -2.14. The molecule has 2 atom stereocenters. The molecule has 0 spiro atoms. The smallest absolute Gasteiger partial charge is 0.264 e. The Hall–Kier alpha value is -0.440. The molecule has 18 heavy (non-hydrogen) atoms. The van der Waals surface area contributed by atoms with Crippen LogP contribution in [-0.2, 0) is 14.3 Å². The lowest BCUT2D eigenvalue weighted by atomic mass is 10.2. The van der Waals surface area contributed by atoms with Gasteiger partial charge in [0, 0.05) is 0 Å². The highest BCUT2D eigenvalue weighted by atomic mass is 32.2. The van der Waals surface area contributed by atoms with Gasteiger partial charge in [-0.1, -0.05) is 38.3 Å². The van der Waals surface area contributed by atoms with Gasteiger partial charge in [-0.15, -0.1) is 0 Å². The van der Waals surface area contributed by atoms with Crippen LogP contribution in [0.15, 0.2) is 30.3 Å². The quantitative estimate of drug-likeness (QED) is 0.616. The monoisotopic (exact) mass is 286 g/mol. The second-order valence-corrected chi connectivity index (χ2v) is 8.92. The molecule has 100 valence electrons. The van der Waals surface area contributed by atoms with Crippen molar-refractivity contribution in [2.24, 2.45) is 0 Å². The number of benzene rings is 1. The van der Waals surface area contributed by atoms with Crippen LogP contribution in [0.1, 0.15) is 19.3 Å². The average Bonchev–Trinajstić information content (AvgIpc) is 2.77. The van der Waals surface area contributed by atoms with Crippen LogP contribution in [0.3, 0.4) is 0 Å². The zero-order chi connectivity index (χ0) is 13.0. The molecule has 0 amide bonds. The van der Waals surface area contributed by atoms with Crippen molar-refractivity contribution in [1.29, 1.82) is 0 Å². The van der Waals surface area contributed by atoms with E-state index < -0.39 is 10.1 Å². The molecule has 5 heteroatoms. The maximum atomic E-state index is 10.9. The molecule has 0 N–H and O–H groups in total. The number of hydrogen-bond acceptors (Lipinski definition) is 3.